The van der Waals surface area contributed by atoms with Crippen molar-refractivity contribution in [3.63, 3.8) is 0 Å². The van der Waals surface area contributed by atoms with Crippen LogP contribution in [0, 0.1) is 5.41 Å². The van der Waals surface area contributed by atoms with Gasteiger partial charge < -0.3 is 4.81 Å². The first-order valence-corrected chi connectivity index (χ1v) is 4.40. The Bertz CT molecular complexity index is 152. The lowest BCUT2D eigenvalue weighted by Crippen LogP contribution is -2.56. The molecule has 0 aromatic carbocycles. The fourth-order valence-electron chi connectivity index (χ4n) is 1.67. The Hall–Kier alpha value is 0.0249. The van der Waals surface area contributed by atoms with Gasteiger partial charge in [-0.3, -0.25) is 0 Å². The third kappa shape index (κ3) is 1.33. The summed E-state index contributed by atoms with van der Waals surface area (Å²) in [6, 6.07) is 0. The minimum atomic E-state index is 0.144. The van der Waals surface area contributed by atoms with E-state index in [0.29, 0.717) is 5.41 Å². The highest BCUT2D eigenvalue weighted by molar-refractivity contribution is 6.05. The maximum absolute atomic E-state index is 5.92. The topological polar surface area (TPSA) is 3.24 Å². The molecule has 0 N–H and O–H groups in total. The van der Waals surface area contributed by atoms with Crippen molar-refractivity contribution >= 4 is 7.98 Å². The number of rotatable bonds is 0. The van der Waals surface area contributed by atoms with Crippen molar-refractivity contribution in [1.82, 2.24) is 4.81 Å². The van der Waals surface area contributed by atoms with Gasteiger partial charge in [0.05, 0.1) is 0 Å². The Morgan fingerprint density at radius 3 is 2.09 bits per heavy atom. The van der Waals surface area contributed by atoms with E-state index >= 15 is 0 Å². The highest BCUT2D eigenvalue weighted by atomic mass is 15.1. The van der Waals surface area contributed by atoms with Gasteiger partial charge in [0.1, 0.15) is 0 Å². The molecule has 1 rings (SSSR count). The standard InChI is InChI=1S/C9H18BN/c1-8(2)6-5-7-11(10)9(8,3)4/h5-7H2,1-4H3. The highest BCUT2D eigenvalue weighted by Gasteiger charge is 2.41. The second-order valence-electron chi connectivity index (χ2n) is 4.74. The van der Waals surface area contributed by atoms with E-state index in [0.717, 1.165) is 6.54 Å². The first-order valence-electron chi connectivity index (χ1n) is 4.40. The van der Waals surface area contributed by atoms with Gasteiger partial charge in [0.25, 0.3) is 0 Å². The summed E-state index contributed by atoms with van der Waals surface area (Å²) in [4.78, 5) is 1.98. The highest BCUT2D eigenvalue weighted by Crippen LogP contribution is 2.41. The molecule has 0 atom stereocenters. The monoisotopic (exact) mass is 151 g/mol. The fourth-order valence-corrected chi connectivity index (χ4v) is 1.67. The molecule has 2 heteroatoms. The number of hydrogen-bond acceptors (Lipinski definition) is 1. The maximum Gasteiger partial charge on any atom is 0.183 e. The van der Waals surface area contributed by atoms with Gasteiger partial charge in [0.15, 0.2) is 7.98 Å². The quantitative estimate of drug-likeness (QED) is 0.478. The Balaban J connectivity index is 2.82. The predicted molar refractivity (Wildman–Crippen MR) is 49.6 cm³/mol. The van der Waals surface area contributed by atoms with Gasteiger partial charge in [-0.1, -0.05) is 13.8 Å². The van der Waals surface area contributed by atoms with Crippen molar-refractivity contribution in [3.8, 4) is 0 Å². The van der Waals surface area contributed by atoms with Gasteiger partial charge in [-0.15, -0.1) is 0 Å². The Morgan fingerprint density at radius 2 is 1.73 bits per heavy atom. The average molecular weight is 151 g/mol. The second-order valence-corrected chi connectivity index (χ2v) is 4.74. The summed E-state index contributed by atoms with van der Waals surface area (Å²) >= 11 is 0. The van der Waals surface area contributed by atoms with Crippen molar-refractivity contribution in [2.45, 2.75) is 46.1 Å². The van der Waals surface area contributed by atoms with Crippen molar-refractivity contribution in [1.29, 1.82) is 0 Å². The third-order valence-electron chi connectivity index (χ3n) is 3.58. The molecule has 1 nitrogen and oxygen atoms in total. The van der Waals surface area contributed by atoms with Crippen LogP contribution < -0.4 is 0 Å². The number of nitrogens with zero attached hydrogens (tertiary/aromatic N) is 1. The van der Waals surface area contributed by atoms with Gasteiger partial charge in [0, 0.05) is 5.54 Å². The van der Waals surface area contributed by atoms with Crippen LogP contribution >= 0.6 is 0 Å². The molecule has 1 aliphatic rings. The van der Waals surface area contributed by atoms with Crippen molar-refractivity contribution < 1.29 is 0 Å². The molecule has 1 heterocycles. The molecule has 0 saturated carbocycles. The van der Waals surface area contributed by atoms with Crippen LogP contribution in [0.5, 0.6) is 0 Å². The zero-order valence-corrected chi connectivity index (χ0v) is 8.15. The molecule has 0 amide bonds. The Labute approximate surface area is 71.6 Å². The molecular weight excluding hydrogens is 133 g/mol. The summed E-state index contributed by atoms with van der Waals surface area (Å²) in [5.74, 6) is 0. The number of piperidine rings is 1. The second kappa shape index (κ2) is 2.51. The van der Waals surface area contributed by atoms with E-state index in [2.05, 4.69) is 27.7 Å². The van der Waals surface area contributed by atoms with Crippen LogP contribution in [-0.4, -0.2) is 24.9 Å². The van der Waals surface area contributed by atoms with Gasteiger partial charge in [-0.25, -0.2) is 0 Å². The molecule has 1 aliphatic heterocycles. The predicted octanol–water partition coefficient (Wildman–Crippen LogP) is 1.97. The van der Waals surface area contributed by atoms with Gasteiger partial charge in [-0.05, 0) is 38.6 Å². The van der Waals surface area contributed by atoms with Gasteiger partial charge >= 0.3 is 0 Å². The van der Waals surface area contributed by atoms with E-state index in [1.807, 2.05) is 4.81 Å². The smallest absolute Gasteiger partial charge is 0.183 e. The van der Waals surface area contributed by atoms with Crippen molar-refractivity contribution in [2.24, 2.45) is 5.41 Å². The van der Waals surface area contributed by atoms with Crippen LogP contribution in [0.25, 0.3) is 0 Å². The van der Waals surface area contributed by atoms with Crippen LogP contribution in [-0.2, 0) is 0 Å². The largest absolute Gasteiger partial charge is 0.348 e. The molecule has 0 spiro atoms. The van der Waals surface area contributed by atoms with E-state index in [1.54, 1.807) is 0 Å². The first-order chi connectivity index (χ1) is 4.88. The summed E-state index contributed by atoms with van der Waals surface area (Å²) in [6.07, 6.45) is 2.51. The molecular formula is C9H18BN. The summed E-state index contributed by atoms with van der Waals surface area (Å²) in [5, 5.41) is 0. The molecule has 0 aromatic rings. The molecule has 0 aliphatic carbocycles. The summed E-state index contributed by atoms with van der Waals surface area (Å²) < 4.78 is 0. The third-order valence-corrected chi connectivity index (χ3v) is 3.58. The lowest BCUT2D eigenvalue weighted by Gasteiger charge is -2.52. The van der Waals surface area contributed by atoms with E-state index < -0.39 is 0 Å². The zero-order chi connectivity index (χ0) is 8.70. The molecule has 1 fully saturated rings. The first kappa shape index (κ1) is 9.12. The van der Waals surface area contributed by atoms with Crippen molar-refractivity contribution in [3.05, 3.63) is 0 Å². The van der Waals surface area contributed by atoms with Gasteiger partial charge in [-0.2, -0.15) is 0 Å². The molecule has 1 saturated heterocycles. The SMILES string of the molecule is [B]N1CCCC(C)(C)C1(C)C. The molecule has 0 aromatic heterocycles. The van der Waals surface area contributed by atoms with Crippen LogP contribution in [0.1, 0.15) is 40.5 Å². The Kier molecular flexibility index (Phi) is 2.08. The molecule has 62 valence electrons. The molecule has 2 radical (unpaired) electrons. The maximum atomic E-state index is 5.92. The van der Waals surface area contributed by atoms with E-state index in [1.165, 1.54) is 12.8 Å². The summed E-state index contributed by atoms with van der Waals surface area (Å²) in [7, 11) is 5.92. The molecule has 11 heavy (non-hydrogen) atoms. The summed E-state index contributed by atoms with van der Waals surface area (Å²) in [5.41, 5.74) is 0.491. The van der Waals surface area contributed by atoms with Crippen molar-refractivity contribution in [2.75, 3.05) is 6.54 Å². The average Bonchev–Trinajstić information content (AvgIpc) is 1.84. The molecule has 0 bridgehead atoms. The van der Waals surface area contributed by atoms with Crippen LogP contribution in [0.2, 0.25) is 0 Å². The van der Waals surface area contributed by atoms with E-state index in [-0.39, 0.29) is 5.54 Å². The lowest BCUT2D eigenvalue weighted by atomic mass is 9.67. The van der Waals surface area contributed by atoms with Crippen LogP contribution in [0.4, 0.5) is 0 Å². The zero-order valence-electron chi connectivity index (χ0n) is 8.15. The Morgan fingerprint density at radius 1 is 1.18 bits per heavy atom. The lowest BCUT2D eigenvalue weighted by molar-refractivity contribution is 0.0292. The van der Waals surface area contributed by atoms with Gasteiger partial charge in [0.2, 0.25) is 0 Å². The van der Waals surface area contributed by atoms with E-state index in [9.17, 15) is 0 Å². The van der Waals surface area contributed by atoms with E-state index in [4.69, 9.17) is 7.98 Å². The fraction of sp³-hybridized carbons (Fsp3) is 1.00. The summed E-state index contributed by atoms with van der Waals surface area (Å²) in [6.45, 7) is 10.1. The minimum absolute atomic E-state index is 0.144. The van der Waals surface area contributed by atoms with Crippen LogP contribution in [0.15, 0.2) is 0 Å². The normalized spacial score (nSPS) is 30.2. The number of hydrogen-bond donors (Lipinski definition) is 0. The molecule has 0 unspecified atom stereocenters. The minimum Gasteiger partial charge on any atom is -0.348 e. The van der Waals surface area contributed by atoms with Crippen LogP contribution in [0.3, 0.4) is 0 Å².